The number of hydrogen-bond donors (Lipinski definition) is 2. The summed E-state index contributed by atoms with van der Waals surface area (Å²) in [5.74, 6) is 0.424. The summed E-state index contributed by atoms with van der Waals surface area (Å²) in [6, 6.07) is 9.66. The summed E-state index contributed by atoms with van der Waals surface area (Å²) in [6.07, 6.45) is 1.72. The SMILES string of the molecule is Cc1ccc(-c2nccc(NCCC(=O)O)n2)cc1. The predicted molar refractivity (Wildman–Crippen MR) is 72.9 cm³/mol. The fourth-order valence-electron chi connectivity index (χ4n) is 1.60. The van der Waals surface area contributed by atoms with E-state index in [1.54, 1.807) is 12.3 Å². The van der Waals surface area contributed by atoms with Gasteiger partial charge < -0.3 is 10.4 Å². The van der Waals surface area contributed by atoms with Gasteiger partial charge in [-0.1, -0.05) is 29.8 Å². The van der Waals surface area contributed by atoms with E-state index >= 15 is 0 Å². The van der Waals surface area contributed by atoms with E-state index in [9.17, 15) is 4.79 Å². The Kier molecular flexibility index (Phi) is 4.07. The van der Waals surface area contributed by atoms with Crippen LogP contribution in [0, 0.1) is 6.92 Å². The lowest BCUT2D eigenvalue weighted by Crippen LogP contribution is -2.09. The normalized spacial score (nSPS) is 10.2. The number of carboxylic acid groups (broad SMARTS) is 1. The zero-order valence-corrected chi connectivity index (χ0v) is 10.6. The van der Waals surface area contributed by atoms with Crippen LogP contribution >= 0.6 is 0 Å². The van der Waals surface area contributed by atoms with Gasteiger partial charge in [0, 0.05) is 18.3 Å². The van der Waals surface area contributed by atoms with Crippen LogP contribution in [0.5, 0.6) is 0 Å². The third kappa shape index (κ3) is 3.77. The van der Waals surface area contributed by atoms with Crippen molar-refractivity contribution in [2.24, 2.45) is 0 Å². The van der Waals surface area contributed by atoms with Crippen LogP contribution < -0.4 is 5.32 Å². The monoisotopic (exact) mass is 257 g/mol. The van der Waals surface area contributed by atoms with Gasteiger partial charge in [-0.25, -0.2) is 9.97 Å². The molecule has 1 aromatic heterocycles. The topological polar surface area (TPSA) is 75.1 Å². The summed E-state index contributed by atoms with van der Waals surface area (Å²) in [5.41, 5.74) is 2.12. The molecule has 0 amide bonds. The molecule has 0 unspecified atom stereocenters. The summed E-state index contributed by atoms with van der Waals surface area (Å²) in [6.45, 7) is 2.37. The van der Waals surface area contributed by atoms with E-state index in [0.717, 1.165) is 5.56 Å². The molecule has 2 N–H and O–H groups in total. The summed E-state index contributed by atoms with van der Waals surface area (Å²) in [7, 11) is 0. The Morgan fingerprint density at radius 1 is 1.26 bits per heavy atom. The molecule has 98 valence electrons. The fraction of sp³-hybridized carbons (Fsp3) is 0.214. The molecule has 0 fully saturated rings. The Labute approximate surface area is 111 Å². The van der Waals surface area contributed by atoms with Crippen LogP contribution in [0.1, 0.15) is 12.0 Å². The third-order valence-corrected chi connectivity index (χ3v) is 2.61. The molecule has 19 heavy (non-hydrogen) atoms. The average Bonchev–Trinajstić information content (AvgIpc) is 2.39. The van der Waals surface area contributed by atoms with Crippen LogP contribution in [-0.2, 0) is 4.79 Å². The number of anilines is 1. The maximum absolute atomic E-state index is 10.4. The lowest BCUT2D eigenvalue weighted by atomic mass is 10.1. The molecule has 0 aliphatic carbocycles. The molecule has 1 heterocycles. The predicted octanol–water partition coefficient (Wildman–Crippen LogP) is 2.34. The van der Waals surface area contributed by atoms with Gasteiger partial charge in [0.1, 0.15) is 5.82 Å². The van der Waals surface area contributed by atoms with Gasteiger partial charge in [-0.2, -0.15) is 0 Å². The quantitative estimate of drug-likeness (QED) is 0.859. The molecule has 0 radical (unpaired) electrons. The first-order valence-electron chi connectivity index (χ1n) is 6.01. The highest BCUT2D eigenvalue weighted by molar-refractivity contribution is 5.67. The van der Waals surface area contributed by atoms with Gasteiger partial charge in [-0.3, -0.25) is 4.79 Å². The Morgan fingerprint density at radius 2 is 2.00 bits per heavy atom. The van der Waals surface area contributed by atoms with E-state index in [2.05, 4.69) is 15.3 Å². The zero-order chi connectivity index (χ0) is 13.7. The number of benzene rings is 1. The molecular weight excluding hydrogens is 242 g/mol. The Balaban J connectivity index is 2.10. The van der Waals surface area contributed by atoms with Gasteiger partial charge in [0.05, 0.1) is 6.42 Å². The molecular formula is C14H15N3O2. The molecule has 5 heteroatoms. The smallest absolute Gasteiger partial charge is 0.305 e. The highest BCUT2D eigenvalue weighted by Gasteiger charge is 2.03. The van der Waals surface area contributed by atoms with Gasteiger partial charge in [0.25, 0.3) is 0 Å². The first-order valence-corrected chi connectivity index (χ1v) is 6.01. The Morgan fingerprint density at radius 3 is 2.68 bits per heavy atom. The second-order valence-electron chi connectivity index (χ2n) is 4.20. The van der Waals surface area contributed by atoms with Crippen LogP contribution in [0.15, 0.2) is 36.5 Å². The molecule has 0 saturated carbocycles. The first-order chi connectivity index (χ1) is 9.15. The minimum atomic E-state index is -0.833. The number of carboxylic acids is 1. The zero-order valence-electron chi connectivity index (χ0n) is 10.6. The maximum Gasteiger partial charge on any atom is 0.305 e. The van der Waals surface area contributed by atoms with Crippen molar-refractivity contribution in [1.82, 2.24) is 9.97 Å². The molecule has 5 nitrogen and oxygen atoms in total. The fourth-order valence-corrected chi connectivity index (χ4v) is 1.60. The van der Waals surface area contributed by atoms with Gasteiger partial charge >= 0.3 is 5.97 Å². The summed E-state index contributed by atoms with van der Waals surface area (Å²) in [4.78, 5) is 19.0. The summed E-state index contributed by atoms with van der Waals surface area (Å²) >= 11 is 0. The van der Waals surface area contributed by atoms with Gasteiger partial charge in [-0.05, 0) is 13.0 Å². The lowest BCUT2D eigenvalue weighted by Gasteiger charge is -2.06. The van der Waals surface area contributed by atoms with Crippen LogP contribution in [-0.4, -0.2) is 27.6 Å². The van der Waals surface area contributed by atoms with Crippen molar-refractivity contribution < 1.29 is 9.90 Å². The van der Waals surface area contributed by atoms with Crippen molar-refractivity contribution >= 4 is 11.8 Å². The summed E-state index contributed by atoms with van der Waals surface area (Å²) < 4.78 is 0. The average molecular weight is 257 g/mol. The number of hydrogen-bond acceptors (Lipinski definition) is 4. The molecule has 0 saturated heterocycles. The maximum atomic E-state index is 10.4. The third-order valence-electron chi connectivity index (χ3n) is 2.61. The second-order valence-corrected chi connectivity index (χ2v) is 4.20. The standard InChI is InChI=1S/C14H15N3O2/c1-10-2-4-11(5-3-10)14-16-8-6-12(17-14)15-9-7-13(18)19/h2-6,8H,7,9H2,1H3,(H,18,19)(H,15,16,17). The number of nitrogens with one attached hydrogen (secondary N) is 1. The minimum absolute atomic E-state index is 0.0594. The van der Waals surface area contributed by atoms with Crippen LogP contribution in [0.25, 0.3) is 11.4 Å². The van der Waals surface area contributed by atoms with Crippen molar-refractivity contribution in [3.8, 4) is 11.4 Å². The molecule has 0 aliphatic heterocycles. The number of carbonyl (C=O) groups is 1. The summed E-state index contributed by atoms with van der Waals surface area (Å²) in [5, 5.41) is 11.5. The van der Waals surface area contributed by atoms with Crippen LogP contribution in [0.4, 0.5) is 5.82 Å². The molecule has 0 spiro atoms. The first kappa shape index (κ1) is 13.0. The van der Waals surface area contributed by atoms with Crippen molar-refractivity contribution in [3.63, 3.8) is 0 Å². The van der Waals surface area contributed by atoms with Gasteiger partial charge in [-0.15, -0.1) is 0 Å². The van der Waals surface area contributed by atoms with Crippen molar-refractivity contribution in [2.75, 3.05) is 11.9 Å². The molecule has 2 aromatic rings. The van der Waals surface area contributed by atoms with Gasteiger partial charge in [0.15, 0.2) is 5.82 Å². The van der Waals surface area contributed by atoms with Crippen molar-refractivity contribution in [1.29, 1.82) is 0 Å². The van der Waals surface area contributed by atoms with Crippen LogP contribution in [0.2, 0.25) is 0 Å². The largest absolute Gasteiger partial charge is 0.481 e. The van der Waals surface area contributed by atoms with Crippen molar-refractivity contribution in [2.45, 2.75) is 13.3 Å². The number of rotatable bonds is 5. The van der Waals surface area contributed by atoms with E-state index in [1.165, 1.54) is 5.56 Å². The number of aryl methyl sites for hydroxylation is 1. The number of aliphatic carboxylic acids is 1. The molecule has 1 aromatic carbocycles. The van der Waals surface area contributed by atoms with E-state index in [4.69, 9.17) is 5.11 Å². The lowest BCUT2D eigenvalue weighted by molar-refractivity contribution is -0.136. The minimum Gasteiger partial charge on any atom is -0.481 e. The molecule has 2 rings (SSSR count). The Bertz CT molecular complexity index is 567. The van der Waals surface area contributed by atoms with Crippen molar-refractivity contribution in [3.05, 3.63) is 42.1 Å². The van der Waals surface area contributed by atoms with Crippen LogP contribution in [0.3, 0.4) is 0 Å². The number of nitrogens with zero attached hydrogens (tertiary/aromatic N) is 2. The van der Waals surface area contributed by atoms with E-state index in [0.29, 0.717) is 18.2 Å². The van der Waals surface area contributed by atoms with Gasteiger partial charge in [0.2, 0.25) is 0 Å². The van der Waals surface area contributed by atoms with E-state index < -0.39 is 5.97 Å². The van der Waals surface area contributed by atoms with E-state index in [1.807, 2.05) is 31.2 Å². The number of aromatic nitrogens is 2. The molecule has 0 atom stereocenters. The second kappa shape index (κ2) is 5.95. The Hall–Kier alpha value is -2.43. The van der Waals surface area contributed by atoms with E-state index in [-0.39, 0.29) is 6.42 Å². The highest BCUT2D eigenvalue weighted by Crippen LogP contribution is 2.16. The molecule has 0 bridgehead atoms. The molecule has 0 aliphatic rings. The highest BCUT2D eigenvalue weighted by atomic mass is 16.4.